The second-order valence-electron chi connectivity index (χ2n) is 8.24. The van der Waals surface area contributed by atoms with Crippen molar-refractivity contribution in [3.05, 3.63) is 48.0 Å². The third-order valence-corrected chi connectivity index (χ3v) is 8.94. The Kier molecular flexibility index (Phi) is 6.58. The van der Waals surface area contributed by atoms with Crippen LogP contribution in [-0.4, -0.2) is 70.6 Å². The molecular formula is C23H27N3O5S2. The zero-order valence-corrected chi connectivity index (χ0v) is 20.6. The molecule has 2 aliphatic heterocycles. The van der Waals surface area contributed by atoms with Gasteiger partial charge in [-0.25, -0.2) is 8.42 Å². The van der Waals surface area contributed by atoms with Gasteiger partial charge in [0.05, 0.1) is 38.2 Å². The molecule has 0 bridgehead atoms. The lowest BCUT2D eigenvalue weighted by atomic mass is 10.1. The second-order valence-corrected chi connectivity index (χ2v) is 11.6. The quantitative estimate of drug-likeness (QED) is 0.612. The van der Waals surface area contributed by atoms with Crippen LogP contribution in [0.4, 0.5) is 11.4 Å². The molecule has 10 heteroatoms. The first-order chi connectivity index (χ1) is 15.7. The number of rotatable bonds is 6. The molecule has 176 valence electrons. The van der Waals surface area contributed by atoms with E-state index in [1.54, 1.807) is 32.4 Å². The molecule has 0 spiro atoms. The monoisotopic (exact) mass is 489 g/mol. The highest BCUT2D eigenvalue weighted by atomic mass is 32.2. The number of amidine groups is 1. The zero-order chi connectivity index (χ0) is 23.8. The maximum atomic E-state index is 12.9. The van der Waals surface area contributed by atoms with Crippen LogP contribution in [0.1, 0.15) is 5.56 Å². The van der Waals surface area contributed by atoms with E-state index in [9.17, 15) is 13.2 Å². The summed E-state index contributed by atoms with van der Waals surface area (Å²) in [4.78, 5) is 21.2. The SMILES string of the molecule is COc1ccc(CC(=O)N=C2S[C@H]3CS(=O)(=O)C[C@@H]3N2c2ccc(N(C)C)cc2)cc1OC. The Hall–Kier alpha value is -2.72. The fraction of sp³-hybridized carbons (Fsp3) is 0.391. The molecule has 0 saturated carbocycles. The summed E-state index contributed by atoms with van der Waals surface area (Å²) < 4.78 is 35.1. The van der Waals surface area contributed by atoms with Crippen LogP contribution in [-0.2, 0) is 21.1 Å². The molecule has 2 atom stereocenters. The summed E-state index contributed by atoms with van der Waals surface area (Å²) in [6.07, 6.45) is 0.103. The predicted octanol–water partition coefficient (Wildman–Crippen LogP) is 2.61. The number of ether oxygens (including phenoxy) is 2. The number of methoxy groups -OCH3 is 2. The van der Waals surface area contributed by atoms with Gasteiger partial charge in [-0.1, -0.05) is 17.8 Å². The number of aliphatic imine (C=N–C) groups is 1. The summed E-state index contributed by atoms with van der Waals surface area (Å²) in [6.45, 7) is 0. The van der Waals surface area contributed by atoms with Gasteiger partial charge in [-0.2, -0.15) is 4.99 Å². The number of anilines is 2. The van der Waals surface area contributed by atoms with E-state index in [1.165, 1.54) is 11.8 Å². The van der Waals surface area contributed by atoms with Crippen LogP contribution in [0.2, 0.25) is 0 Å². The predicted molar refractivity (Wildman–Crippen MR) is 133 cm³/mol. The number of carbonyl (C=O) groups excluding carboxylic acids is 1. The molecule has 2 fully saturated rings. The first-order valence-electron chi connectivity index (χ1n) is 10.5. The minimum absolute atomic E-state index is 0.0585. The van der Waals surface area contributed by atoms with Crippen LogP contribution in [0.3, 0.4) is 0 Å². The number of amides is 1. The van der Waals surface area contributed by atoms with Crippen molar-refractivity contribution >= 4 is 44.0 Å². The van der Waals surface area contributed by atoms with Gasteiger partial charge in [0, 0.05) is 30.7 Å². The first kappa shape index (κ1) is 23.4. The van der Waals surface area contributed by atoms with Gasteiger partial charge in [-0.05, 0) is 42.0 Å². The summed E-state index contributed by atoms with van der Waals surface area (Å²) in [7, 11) is 3.90. The Morgan fingerprint density at radius 1 is 1.09 bits per heavy atom. The number of benzene rings is 2. The maximum Gasteiger partial charge on any atom is 0.252 e. The van der Waals surface area contributed by atoms with Gasteiger partial charge in [0.25, 0.3) is 5.91 Å². The molecule has 0 N–H and O–H groups in total. The maximum absolute atomic E-state index is 12.9. The lowest BCUT2D eigenvalue weighted by Gasteiger charge is -2.25. The van der Waals surface area contributed by atoms with Crippen molar-refractivity contribution in [1.29, 1.82) is 0 Å². The summed E-state index contributed by atoms with van der Waals surface area (Å²) in [6, 6.07) is 12.9. The lowest BCUT2D eigenvalue weighted by Crippen LogP contribution is -2.37. The highest BCUT2D eigenvalue weighted by Gasteiger charge is 2.49. The van der Waals surface area contributed by atoms with E-state index in [2.05, 4.69) is 4.99 Å². The van der Waals surface area contributed by atoms with Gasteiger partial charge in [0.2, 0.25) is 0 Å². The van der Waals surface area contributed by atoms with E-state index in [-0.39, 0.29) is 35.1 Å². The third-order valence-electron chi connectivity index (χ3n) is 5.73. The fourth-order valence-corrected chi connectivity index (χ4v) is 8.02. The third kappa shape index (κ3) is 4.96. The van der Waals surface area contributed by atoms with E-state index in [0.29, 0.717) is 16.7 Å². The molecule has 0 radical (unpaired) electrons. The average molecular weight is 490 g/mol. The van der Waals surface area contributed by atoms with Crippen LogP contribution in [0.15, 0.2) is 47.5 Å². The van der Waals surface area contributed by atoms with E-state index >= 15 is 0 Å². The Bertz CT molecular complexity index is 1180. The topological polar surface area (TPSA) is 88.5 Å². The minimum Gasteiger partial charge on any atom is -0.493 e. The molecule has 8 nitrogen and oxygen atoms in total. The van der Waals surface area contributed by atoms with Crippen LogP contribution < -0.4 is 19.3 Å². The second kappa shape index (κ2) is 9.26. The van der Waals surface area contributed by atoms with Crippen molar-refractivity contribution in [2.45, 2.75) is 17.7 Å². The number of carbonyl (C=O) groups is 1. The Balaban J connectivity index is 1.61. The number of sulfone groups is 1. The first-order valence-corrected chi connectivity index (χ1v) is 13.2. The molecule has 2 aromatic rings. The van der Waals surface area contributed by atoms with Crippen LogP contribution in [0, 0.1) is 0 Å². The van der Waals surface area contributed by atoms with Crippen molar-refractivity contribution in [1.82, 2.24) is 0 Å². The average Bonchev–Trinajstić information content (AvgIpc) is 3.24. The number of hydrogen-bond donors (Lipinski definition) is 0. The van der Waals surface area contributed by atoms with Crippen LogP contribution in [0.25, 0.3) is 0 Å². The van der Waals surface area contributed by atoms with Crippen molar-refractivity contribution in [3.8, 4) is 11.5 Å². The van der Waals surface area contributed by atoms with E-state index < -0.39 is 9.84 Å². The Morgan fingerprint density at radius 2 is 1.79 bits per heavy atom. The molecule has 2 aromatic carbocycles. The summed E-state index contributed by atoms with van der Waals surface area (Å²) >= 11 is 1.37. The van der Waals surface area contributed by atoms with Crippen molar-refractivity contribution in [2.75, 3.05) is 49.6 Å². The van der Waals surface area contributed by atoms with Gasteiger partial charge in [0.1, 0.15) is 0 Å². The molecule has 2 saturated heterocycles. The fourth-order valence-electron chi connectivity index (χ4n) is 4.09. The minimum atomic E-state index is -3.12. The van der Waals surface area contributed by atoms with Crippen molar-refractivity contribution in [2.24, 2.45) is 4.99 Å². The Morgan fingerprint density at radius 3 is 2.42 bits per heavy atom. The van der Waals surface area contributed by atoms with Gasteiger partial charge in [-0.15, -0.1) is 0 Å². The molecule has 0 aliphatic carbocycles. The van der Waals surface area contributed by atoms with E-state index in [0.717, 1.165) is 16.9 Å². The van der Waals surface area contributed by atoms with E-state index in [1.807, 2.05) is 48.2 Å². The van der Waals surface area contributed by atoms with Crippen molar-refractivity contribution in [3.63, 3.8) is 0 Å². The number of thioether (sulfide) groups is 1. The smallest absolute Gasteiger partial charge is 0.252 e. The van der Waals surface area contributed by atoms with E-state index in [4.69, 9.17) is 9.47 Å². The molecule has 4 rings (SSSR count). The molecule has 0 aromatic heterocycles. The molecule has 0 unspecified atom stereocenters. The van der Waals surface area contributed by atoms with Gasteiger partial charge in [0.15, 0.2) is 26.5 Å². The largest absolute Gasteiger partial charge is 0.493 e. The normalized spacial score (nSPS) is 22.3. The number of fused-ring (bicyclic) bond motifs is 1. The molecule has 2 heterocycles. The molecular weight excluding hydrogens is 462 g/mol. The highest BCUT2D eigenvalue weighted by Crippen LogP contribution is 2.41. The lowest BCUT2D eigenvalue weighted by molar-refractivity contribution is -0.117. The number of hydrogen-bond acceptors (Lipinski definition) is 7. The van der Waals surface area contributed by atoms with Crippen LogP contribution in [0.5, 0.6) is 11.5 Å². The van der Waals surface area contributed by atoms with Crippen molar-refractivity contribution < 1.29 is 22.7 Å². The Labute approximate surface area is 198 Å². The summed E-state index contributed by atoms with van der Waals surface area (Å²) in [5, 5.41) is 0.402. The summed E-state index contributed by atoms with van der Waals surface area (Å²) in [5.41, 5.74) is 2.62. The van der Waals surface area contributed by atoms with Crippen LogP contribution >= 0.6 is 11.8 Å². The van der Waals surface area contributed by atoms with Gasteiger partial charge < -0.3 is 19.3 Å². The molecule has 33 heavy (non-hydrogen) atoms. The standard InChI is InChI=1S/C23H27N3O5S2/c1-25(2)16-6-8-17(9-7-16)26-18-13-33(28,29)14-21(18)32-23(26)24-22(27)12-15-5-10-19(30-3)20(11-15)31-4/h5-11,18,21H,12-14H2,1-4H3/t18-,21-/m0/s1. The number of nitrogens with zero attached hydrogens (tertiary/aromatic N) is 3. The highest BCUT2D eigenvalue weighted by molar-refractivity contribution is 8.16. The van der Waals surface area contributed by atoms with Gasteiger partial charge in [-0.3, -0.25) is 4.79 Å². The van der Waals surface area contributed by atoms with Gasteiger partial charge >= 0.3 is 0 Å². The zero-order valence-electron chi connectivity index (χ0n) is 19.0. The molecule has 1 amide bonds. The molecule has 2 aliphatic rings. The summed E-state index contributed by atoms with van der Waals surface area (Å²) in [5.74, 6) is 0.990.